The Morgan fingerprint density at radius 2 is 2.33 bits per heavy atom. The van der Waals surface area contributed by atoms with Crippen molar-refractivity contribution in [2.45, 2.75) is 25.4 Å². The maximum Gasteiger partial charge on any atom is 0.0621 e. The smallest absolute Gasteiger partial charge is 0.0621 e. The highest BCUT2D eigenvalue weighted by molar-refractivity contribution is 4.76. The Hall–Kier alpha value is -0.0800. The van der Waals surface area contributed by atoms with Gasteiger partial charge < -0.3 is 9.84 Å². The predicted octanol–water partition coefficient (Wildman–Crippen LogP) is 0.794. The number of rotatable bonds is 2. The Balaban J connectivity index is 2.32. The fourth-order valence-electron chi connectivity index (χ4n) is 1.52. The molecule has 0 aromatic carbocycles. The van der Waals surface area contributed by atoms with Gasteiger partial charge >= 0.3 is 0 Å². The van der Waals surface area contributed by atoms with E-state index in [1.54, 1.807) is 7.11 Å². The molecule has 1 N–H and O–H groups in total. The van der Waals surface area contributed by atoms with E-state index in [0.717, 1.165) is 12.8 Å². The van der Waals surface area contributed by atoms with Crippen LogP contribution in [0, 0.1) is 5.92 Å². The fraction of sp³-hybridized carbons (Fsp3) is 1.00. The number of hydrogen-bond acceptors (Lipinski definition) is 2. The van der Waals surface area contributed by atoms with E-state index in [2.05, 4.69) is 0 Å². The van der Waals surface area contributed by atoms with Crippen LogP contribution in [-0.2, 0) is 4.74 Å². The van der Waals surface area contributed by atoms with E-state index < -0.39 is 0 Å². The molecule has 0 aromatic rings. The van der Waals surface area contributed by atoms with Crippen LogP contribution in [0.2, 0.25) is 0 Å². The van der Waals surface area contributed by atoms with E-state index in [4.69, 9.17) is 9.84 Å². The van der Waals surface area contributed by atoms with Gasteiger partial charge in [0.2, 0.25) is 0 Å². The number of hydrogen-bond donors (Lipinski definition) is 1. The van der Waals surface area contributed by atoms with Crippen LogP contribution in [0.15, 0.2) is 0 Å². The van der Waals surface area contributed by atoms with E-state index in [1.165, 1.54) is 6.42 Å². The maximum atomic E-state index is 8.79. The summed E-state index contributed by atoms with van der Waals surface area (Å²) in [5, 5.41) is 8.79. The molecule has 0 spiro atoms. The fourth-order valence-corrected chi connectivity index (χ4v) is 1.52. The molecule has 0 saturated heterocycles. The van der Waals surface area contributed by atoms with Crippen molar-refractivity contribution in [2.24, 2.45) is 5.92 Å². The third kappa shape index (κ3) is 1.43. The normalized spacial score (nSPS) is 35.3. The summed E-state index contributed by atoms with van der Waals surface area (Å²) >= 11 is 0. The quantitative estimate of drug-likeness (QED) is 0.599. The molecular formula is C7H14O2. The van der Waals surface area contributed by atoms with Crippen molar-refractivity contribution in [3.05, 3.63) is 0 Å². The molecule has 0 aliphatic heterocycles. The van der Waals surface area contributed by atoms with Gasteiger partial charge in [0.25, 0.3) is 0 Å². The van der Waals surface area contributed by atoms with Gasteiger partial charge in [-0.2, -0.15) is 0 Å². The van der Waals surface area contributed by atoms with Crippen molar-refractivity contribution in [1.82, 2.24) is 0 Å². The highest BCUT2D eigenvalue weighted by Gasteiger charge is 2.25. The van der Waals surface area contributed by atoms with Gasteiger partial charge in [-0.05, 0) is 12.8 Å². The predicted molar refractivity (Wildman–Crippen MR) is 35.2 cm³/mol. The van der Waals surface area contributed by atoms with Crippen LogP contribution in [0.25, 0.3) is 0 Å². The lowest BCUT2D eigenvalue weighted by Crippen LogP contribution is -2.19. The lowest BCUT2D eigenvalue weighted by atomic mass is 10.1. The lowest BCUT2D eigenvalue weighted by molar-refractivity contribution is 0.0461. The minimum Gasteiger partial charge on any atom is -0.396 e. The summed E-state index contributed by atoms with van der Waals surface area (Å²) in [5.74, 6) is 0.412. The molecule has 2 nitrogen and oxygen atoms in total. The van der Waals surface area contributed by atoms with Gasteiger partial charge in [-0.25, -0.2) is 0 Å². The van der Waals surface area contributed by atoms with Crippen molar-refractivity contribution >= 4 is 0 Å². The molecule has 1 saturated carbocycles. The third-order valence-electron chi connectivity index (χ3n) is 2.13. The molecular weight excluding hydrogens is 116 g/mol. The Morgan fingerprint density at radius 1 is 1.56 bits per heavy atom. The molecule has 9 heavy (non-hydrogen) atoms. The minimum absolute atomic E-state index is 0.290. The second-order valence-electron chi connectivity index (χ2n) is 2.65. The first-order valence-electron chi connectivity index (χ1n) is 3.52. The number of ether oxygens (including phenoxy) is 1. The zero-order valence-electron chi connectivity index (χ0n) is 5.84. The summed E-state index contributed by atoms with van der Waals surface area (Å²) in [6.45, 7) is 0.290. The average molecular weight is 130 g/mol. The summed E-state index contributed by atoms with van der Waals surface area (Å²) in [5.41, 5.74) is 0. The van der Waals surface area contributed by atoms with Crippen LogP contribution in [0.5, 0.6) is 0 Å². The Bertz CT molecular complexity index is 73.0. The van der Waals surface area contributed by atoms with Gasteiger partial charge in [-0.1, -0.05) is 6.42 Å². The molecule has 0 unspecified atom stereocenters. The third-order valence-corrected chi connectivity index (χ3v) is 2.13. The minimum atomic E-state index is 0.290. The van der Waals surface area contributed by atoms with Gasteiger partial charge in [0.05, 0.1) is 6.10 Å². The molecule has 1 aliphatic carbocycles. The van der Waals surface area contributed by atoms with Crippen molar-refractivity contribution in [2.75, 3.05) is 13.7 Å². The molecule has 1 aliphatic rings. The summed E-state index contributed by atoms with van der Waals surface area (Å²) in [4.78, 5) is 0. The van der Waals surface area contributed by atoms with E-state index in [-0.39, 0.29) is 0 Å². The summed E-state index contributed by atoms with van der Waals surface area (Å²) in [7, 11) is 1.72. The lowest BCUT2D eigenvalue weighted by Gasteiger charge is -2.14. The van der Waals surface area contributed by atoms with E-state index in [1.807, 2.05) is 0 Å². The second kappa shape index (κ2) is 3.18. The Morgan fingerprint density at radius 3 is 2.78 bits per heavy atom. The van der Waals surface area contributed by atoms with E-state index >= 15 is 0 Å². The molecule has 2 atom stereocenters. The number of aliphatic hydroxyl groups excluding tert-OH is 1. The topological polar surface area (TPSA) is 29.5 Å². The molecule has 0 radical (unpaired) electrons. The molecule has 0 bridgehead atoms. The van der Waals surface area contributed by atoms with Crippen molar-refractivity contribution in [3.8, 4) is 0 Å². The zero-order chi connectivity index (χ0) is 6.69. The Kier molecular flexibility index (Phi) is 2.49. The second-order valence-corrected chi connectivity index (χ2v) is 2.65. The first kappa shape index (κ1) is 7.03. The van der Waals surface area contributed by atoms with Gasteiger partial charge in [-0.15, -0.1) is 0 Å². The molecule has 54 valence electrons. The summed E-state index contributed by atoms with van der Waals surface area (Å²) in [6.07, 6.45) is 3.80. The molecule has 0 heterocycles. The molecule has 1 fully saturated rings. The number of aliphatic hydroxyl groups is 1. The van der Waals surface area contributed by atoms with E-state index in [0.29, 0.717) is 18.6 Å². The van der Waals surface area contributed by atoms with Crippen molar-refractivity contribution in [1.29, 1.82) is 0 Å². The van der Waals surface area contributed by atoms with Crippen molar-refractivity contribution in [3.63, 3.8) is 0 Å². The largest absolute Gasteiger partial charge is 0.396 e. The van der Waals surface area contributed by atoms with Crippen LogP contribution in [0.1, 0.15) is 19.3 Å². The first-order valence-corrected chi connectivity index (χ1v) is 3.52. The number of methoxy groups -OCH3 is 1. The average Bonchev–Trinajstić information content (AvgIpc) is 2.33. The highest BCUT2D eigenvalue weighted by atomic mass is 16.5. The van der Waals surface area contributed by atoms with Crippen LogP contribution in [0.3, 0.4) is 0 Å². The molecule has 1 rings (SSSR count). The Labute approximate surface area is 55.8 Å². The zero-order valence-corrected chi connectivity index (χ0v) is 5.84. The van der Waals surface area contributed by atoms with Crippen LogP contribution >= 0.6 is 0 Å². The van der Waals surface area contributed by atoms with Gasteiger partial charge in [0.15, 0.2) is 0 Å². The monoisotopic (exact) mass is 130 g/mol. The molecule has 0 amide bonds. The maximum absolute atomic E-state index is 8.79. The molecule has 0 aromatic heterocycles. The summed E-state index contributed by atoms with van der Waals surface area (Å²) in [6, 6.07) is 0. The summed E-state index contributed by atoms with van der Waals surface area (Å²) < 4.78 is 5.15. The van der Waals surface area contributed by atoms with Crippen LogP contribution in [-0.4, -0.2) is 24.9 Å². The SMILES string of the molecule is CO[C@H]1CCC[C@@H]1CO. The van der Waals surface area contributed by atoms with Crippen molar-refractivity contribution < 1.29 is 9.84 Å². The van der Waals surface area contributed by atoms with Gasteiger partial charge in [-0.3, -0.25) is 0 Å². The highest BCUT2D eigenvalue weighted by Crippen LogP contribution is 2.26. The first-order chi connectivity index (χ1) is 4.38. The standard InChI is InChI=1S/C7H14O2/c1-9-7-4-2-3-6(7)5-8/h6-8H,2-5H2,1H3/t6-,7+/m1/s1. The molecule has 2 heteroatoms. The van der Waals surface area contributed by atoms with Crippen LogP contribution in [0.4, 0.5) is 0 Å². The van der Waals surface area contributed by atoms with Gasteiger partial charge in [0, 0.05) is 19.6 Å². The van der Waals surface area contributed by atoms with E-state index in [9.17, 15) is 0 Å². The van der Waals surface area contributed by atoms with Crippen LogP contribution < -0.4 is 0 Å². The van der Waals surface area contributed by atoms with Gasteiger partial charge in [0.1, 0.15) is 0 Å².